The van der Waals surface area contributed by atoms with E-state index in [1.165, 1.54) is 0 Å². The van der Waals surface area contributed by atoms with Crippen LogP contribution in [0.5, 0.6) is 0 Å². The second-order valence-corrected chi connectivity index (χ2v) is 8.11. The molecule has 1 aromatic heterocycles. The summed E-state index contributed by atoms with van der Waals surface area (Å²) in [5, 5.41) is 1.49. The second-order valence-electron chi connectivity index (χ2n) is 6.67. The molecule has 0 radical (unpaired) electrons. The largest absolute Gasteiger partial charge is 0.379 e. The minimum Gasteiger partial charge on any atom is -0.379 e. The van der Waals surface area contributed by atoms with Gasteiger partial charge in [-0.2, -0.15) is 0 Å². The average molecular weight is 396 g/mol. The number of aryl methyl sites for hydroxylation is 1. The van der Waals surface area contributed by atoms with Gasteiger partial charge in [-0.1, -0.05) is 36.3 Å². The first kappa shape index (κ1) is 19.5. The summed E-state index contributed by atoms with van der Waals surface area (Å²) in [5.74, 6) is 0.155. The standard InChI is InChI=1S/C19H26ClN3O2S/c1-3-4-5-17(24)23(7-6-22-8-10-25-11-9-22)19-21-18-14(2)12-15(20)13-16(18)26-19/h12-13H,3-11H2,1-2H3. The summed E-state index contributed by atoms with van der Waals surface area (Å²) in [6.45, 7) is 9.00. The first-order chi connectivity index (χ1) is 12.6. The molecule has 1 amide bonds. The molecule has 1 aliphatic heterocycles. The van der Waals surface area contributed by atoms with Gasteiger partial charge in [-0.15, -0.1) is 0 Å². The second kappa shape index (κ2) is 9.13. The molecule has 1 aliphatic rings. The molecule has 3 rings (SSSR count). The van der Waals surface area contributed by atoms with Gasteiger partial charge in [0.15, 0.2) is 5.13 Å². The van der Waals surface area contributed by atoms with Gasteiger partial charge in [0.1, 0.15) is 0 Å². The van der Waals surface area contributed by atoms with Crippen LogP contribution < -0.4 is 4.90 Å². The number of halogens is 1. The molecule has 0 unspecified atom stereocenters. The molecule has 7 heteroatoms. The van der Waals surface area contributed by atoms with E-state index in [9.17, 15) is 4.79 Å². The number of nitrogens with zero attached hydrogens (tertiary/aromatic N) is 3. The molecular formula is C19H26ClN3O2S. The number of anilines is 1. The van der Waals surface area contributed by atoms with E-state index in [1.54, 1.807) is 11.3 Å². The lowest BCUT2D eigenvalue weighted by atomic mass is 10.2. The minimum absolute atomic E-state index is 0.155. The van der Waals surface area contributed by atoms with E-state index in [0.717, 1.165) is 66.6 Å². The van der Waals surface area contributed by atoms with Gasteiger partial charge >= 0.3 is 0 Å². The summed E-state index contributed by atoms with van der Waals surface area (Å²) in [4.78, 5) is 21.8. The SMILES string of the molecule is CCCCC(=O)N(CCN1CCOCC1)c1nc2c(C)cc(Cl)cc2s1. The van der Waals surface area contributed by atoms with E-state index in [-0.39, 0.29) is 5.91 Å². The number of hydrogen-bond acceptors (Lipinski definition) is 5. The Morgan fingerprint density at radius 1 is 1.38 bits per heavy atom. The molecule has 0 aliphatic carbocycles. The van der Waals surface area contributed by atoms with Gasteiger partial charge in [-0.25, -0.2) is 4.98 Å². The Labute approximate surface area is 163 Å². The van der Waals surface area contributed by atoms with Crippen LogP contribution in [0.25, 0.3) is 10.2 Å². The average Bonchev–Trinajstić information content (AvgIpc) is 3.05. The van der Waals surface area contributed by atoms with Gasteiger partial charge in [0, 0.05) is 37.6 Å². The van der Waals surface area contributed by atoms with Crippen LogP contribution in [0.3, 0.4) is 0 Å². The third kappa shape index (κ3) is 4.74. The number of carbonyl (C=O) groups is 1. The highest BCUT2D eigenvalue weighted by Crippen LogP contribution is 2.33. The zero-order valence-electron chi connectivity index (χ0n) is 15.5. The zero-order chi connectivity index (χ0) is 18.5. The summed E-state index contributed by atoms with van der Waals surface area (Å²) in [7, 11) is 0. The number of ether oxygens (including phenoxy) is 1. The summed E-state index contributed by atoms with van der Waals surface area (Å²) < 4.78 is 6.44. The van der Waals surface area contributed by atoms with Gasteiger partial charge in [-0.05, 0) is 31.0 Å². The molecule has 5 nitrogen and oxygen atoms in total. The fourth-order valence-corrected chi connectivity index (χ4v) is 4.58. The first-order valence-electron chi connectivity index (χ1n) is 9.25. The summed E-state index contributed by atoms with van der Waals surface area (Å²) in [5.41, 5.74) is 1.98. The topological polar surface area (TPSA) is 45.7 Å². The number of fused-ring (bicyclic) bond motifs is 1. The molecule has 1 saturated heterocycles. The normalized spacial score (nSPS) is 15.5. The number of morpholine rings is 1. The van der Waals surface area contributed by atoms with Gasteiger partial charge in [0.05, 0.1) is 23.4 Å². The summed E-state index contributed by atoms with van der Waals surface area (Å²) >= 11 is 7.73. The van der Waals surface area contributed by atoms with Crippen molar-refractivity contribution in [3.8, 4) is 0 Å². The number of thiazole rings is 1. The van der Waals surface area contributed by atoms with Crippen molar-refractivity contribution in [2.24, 2.45) is 0 Å². The Balaban J connectivity index is 1.81. The summed E-state index contributed by atoms with van der Waals surface area (Å²) in [6, 6.07) is 3.85. The van der Waals surface area contributed by atoms with Crippen LogP contribution in [0.15, 0.2) is 12.1 Å². The van der Waals surface area contributed by atoms with Gasteiger partial charge < -0.3 is 4.74 Å². The van der Waals surface area contributed by atoms with Crippen LogP contribution in [0.4, 0.5) is 5.13 Å². The Kier molecular flexibility index (Phi) is 6.86. The predicted molar refractivity (Wildman–Crippen MR) is 109 cm³/mol. The molecule has 0 bridgehead atoms. The lowest BCUT2D eigenvalue weighted by Crippen LogP contribution is -2.43. The van der Waals surface area contributed by atoms with E-state index in [0.29, 0.717) is 18.0 Å². The molecule has 1 fully saturated rings. The highest BCUT2D eigenvalue weighted by atomic mass is 35.5. The van der Waals surface area contributed by atoms with Crippen LogP contribution in [-0.4, -0.2) is 55.2 Å². The van der Waals surface area contributed by atoms with E-state index < -0.39 is 0 Å². The molecule has 26 heavy (non-hydrogen) atoms. The third-order valence-electron chi connectivity index (χ3n) is 4.66. The fourth-order valence-electron chi connectivity index (χ4n) is 3.11. The van der Waals surface area contributed by atoms with Crippen molar-refractivity contribution in [1.82, 2.24) is 9.88 Å². The number of hydrogen-bond donors (Lipinski definition) is 0. The molecular weight excluding hydrogens is 370 g/mol. The Hall–Kier alpha value is -1.21. The van der Waals surface area contributed by atoms with Crippen molar-refractivity contribution in [3.63, 3.8) is 0 Å². The molecule has 0 saturated carbocycles. The lowest BCUT2D eigenvalue weighted by molar-refractivity contribution is -0.118. The zero-order valence-corrected chi connectivity index (χ0v) is 17.0. The number of benzene rings is 1. The van der Waals surface area contributed by atoms with Gasteiger partial charge in [0.25, 0.3) is 0 Å². The first-order valence-corrected chi connectivity index (χ1v) is 10.4. The Morgan fingerprint density at radius 3 is 2.88 bits per heavy atom. The van der Waals surface area contributed by atoms with Crippen LogP contribution >= 0.6 is 22.9 Å². The van der Waals surface area contributed by atoms with E-state index in [2.05, 4.69) is 11.8 Å². The Morgan fingerprint density at radius 2 is 2.15 bits per heavy atom. The van der Waals surface area contributed by atoms with Crippen LogP contribution in [0.2, 0.25) is 5.02 Å². The predicted octanol–water partition coefficient (Wildman–Crippen LogP) is 4.11. The maximum Gasteiger partial charge on any atom is 0.228 e. The quantitative estimate of drug-likeness (QED) is 0.707. The van der Waals surface area contributed by atoms with E-state index in [4.69, 9.17) is 21.3 Å². The van der Waals surface area contributed by atoms with Crippen molar-refractivity contribution in [1.29, 1.82) is 0 Å². The molecule has 2 aromatic rings. The molecule has 142 valence electrons. The van der Waals surface area contributed by atoms with Crippen molar-refractivity contribution in [3.05, 3.63) is 22.7 Å². The highest BCUT2D eigenvalue weighted by molar-refractivity contribution is 7.22. The molecule has 2 heterocycles. The summed E-state index contributed by atoms with van der Waals surface area (Å²) in [6.07, 6.45) is 2.48. The maximum atomic E-state index is 12.8. The number of carbonyl (C=O) groups excluding carboxylic acids is 1. The number of aromatic nitrogens is 1. The van der Waals surface area contributed by atoms with Gasteiger partial charge in [-0.3, -0.25) is 14.6 Å². The maximum absolute atomic E-state index is 12.8. The smallest absolute Gasteiger partial charge is 0.228 e. The van der Waals surface area contributed by atoms with Crippen molar-refractivity contribution < 1.29 is 9.53 Å². The molecule has 0 N–H and O–H groups in total. The highest BCUT2D eigenvalue weighted by Gasteiger charge is 2.21. The monoisotopic (exact) mass is 395 g/mol. The van der Waals surface area contributed by atoms with Crippen molar-refractivity contribution in [2.45, 2.75) is 33.1 Å². The van der Waals surface area contributed by atoms with Crippen molar-refractivity contribution >= 4 is 44.2 Å². The Bertz CT molecular complexity index is 759. The number of unbranched alkanes of at least 4 members (excludes halogenated alkanes) is 1. The molecule has 1 aromatic carbocycles. The van der Waals surface area contributed by atoms with Crippen molar-refractivity contribution in [2.75, 3.05) is 44.3 Å². The molecule has 0 spiro atoms. The van der Waals surface area contributed by atoms with Gasteiger partial charge in [0.2, 0.25) is 5.91 Å². The van der Waals surface area contributed by atoms with Crippen LogP contribution in [0.1, 0.15) is 31.7 Å². The minimum atomic E-state index is 0.155. The van der Waals surface area contributed by atoms with E-state index in [1.807, 2.05) is 24.0 Å². The third-order valence-corrected chi connectivity index (χ3v) is 5.90. The van der Waals surface area contributed by atoms with E-state index >= 15 is 0 Å². The lowest BCUT2D eigenvalue weighted by Gasteiger charge is -2.29. The molecule has 0 atom stereocenters. The number of amides is 1. The van der Waals surface area contributed by atoms with Crippen LogP contribution in [-0.2, 0) is 9.53 Å². The number of rotatable bonds is 7. The fraction of sp³-hybridized carbons (Fsp3) is 0.579. The van der Waals surface area contributed by atoms with Crippen LogP contribution in [0, 0.1) is 6.92 Å².